The summed E-state index contributed by atoms with van der Waals surface area (Å²) >= 11 is 0. The number of phenols is 2. The Morgan fingerprint density at radius 2 is 0.467 bits per heavy atom. The SMILES string of the molecule is COc1cc(C2=C(c3cc(OC)c(OC)c(OC)c3)c3cc4[nH]c(cc5nc(cc6[nH]c(cc2n3)c(-c2cc(OC)c(OC)c(OC)c2)c6-c2cc(OC)c(OC)c(OC)c2)C(N=Cc2cc(C(C)(C)C)ccc2O)=C5N=Cc2cc(C(C)(C)C)ccc2O)c(-c2cc(OC)c(OC)c(OC)c2)c4-c2cc(OC)c(OC)c(OC)c2)cc(OC)c1OC. The number of aromatic amines is 2. The van der Waals surface area contributed by atoms with Crippen LogP contribution in [0.2, 0.25) is 0 Å². The highest BCUT2D eigenvalue weighted by Gasteiger charge is 2.34. The van der Waals surface area contributed by atoms with Crippen molar-refractivity contribution in [3.8, 4) is 159 Å². The van der Waals surface area contributed by atoms with Gasteiger partial charge in [-0.25, -0.2) is 9.97 Å². The topological polar surface area (TPSA) is 289 Å². The average Bonchev–Trinajstić information content (AvgIpc) is 1.57. The Morgan fingerprint density at radius 3 is 0.672 bits per heavy atom. The Balaban J connectivity index is 1.39. The summed E-state index contributed by atoms with van der Waals surface area (Å²) in [6, 6.07) is 40.7. The van der Waals surface area contributed by atoms with Gasteiger partial charge >= 0.3 is 0 Å². The third-order valence-corrected chi connectivity index (χ3v) is 21.4. The number of hydrogen-bond acceptors (Lipinski definition) is 24. The molecule has 0 radical (unpaired) electrons. The smallest absolute Gasteiger partial charge is 0.203 e. The first-order chi connectivity index (χ1) is 58.7. The predicted octanol–water partition coefficient (Wildman–Crippen LogP) is 19.2. The zero-order valence-electron chi connectivity index (χ0n) is 72.9. The third kappa shape index (κ3) is 15.9. The fraction of sp³-hybridized carbons (Fsp3) is 0.271. The lowest BCUT2D eigenvalue weighted by molar-refractivity contribution is 0.324. The lowest BCUT2D eigenvalue weighted by Crippen LogP contribution is -2.11. The number of ether oxygens (including phenoxy) is 18. The van der Waals surface area contributed by atoms with Crippen molar-refractivity contribution in [2.45, 2.75) is 52.4 Å². The van der Waals surface area contributed by atoms with Crippen LogP contribution in [0.1, 0.15) is 97.7 Å². The monoisotopic (exact) mass is 1660 g/mol. The Morgan fingerprint density at radius 1 is 0.262 bits per heavy atom. The number of H-pyrrole nitrogens is 2. The Hall–Kier alpha value is -14.3. The molecular formula is C96H100N6O20. The first-order valence-electron chi connectivity index (χ1n) is 38.6. The molecule has 0 spiro atoms. The van der Waals surface area contributed by atoms with Crippen molar-refractivity contribution in [1.82, 2.24) is 19.9 Å². The Kier molecular flexibility index (Phi) is 24.8. The summed E-state index contributed by atoms with van der Waals surface area (Å²) < 4.78 is 111. The van der Waals surface area contributed by atoms with E-state index in [0.29, 0.717) is 215 Å². The van der Waals surface area contributed by atoms with Gasteiger partial charge in [0.1, 0.15) is 22.9 Å². The van der Waals surface area contributed by atoms with Gasteiger partial charge in [-0.15, -0.1) is 0 Å². The fourth-order valence-corrected chi connectivity index (χ4v) is 15.4. The van der Waals surface area contributed by atoms with Gasteiger partial charge in [0.25, 0.3) is 0 Å². The van der Waals surface area contributed by atoms with Crippen LogP contribution in [0.4, 0.5) is 0 Å². The van der Waals surface area contributed by atoms with Crippen molar-refractivity contribution in [2.24, 2.45) is 9.98 Å². The van der Waals surface area contributed by atoms with Crippen LogP contribution in [0.25, 0.3) is 89.1 Å². The molecule has 0 saturated heterocycles. The summed E-state index contributed by atoms with van der Waals surface area (Å²) in [5, 5.41) is 24.0. The van der Waals surface area contributed by atoms with E-state index in [1.165, 1.54) is 42.7 Å². The van der Waals surface area contributed by atoms with Crippen LogP contribution in [-0.4, -0.2) is 171 Å². The molecule has 13 rings (SSSR count). The Bertz CT molecular complexity index is 5700. The van der Waals surface area contributed by atoms with Gasteiger partial charge in [0.05, 0.1) is 151 Å². The number of rotatable bonds is 28. The molecule has 26 nitrogen and oxygen atoms in total. The standard InChI is InChI=1S/C96H100N6O20/c1-95(2,3)57-25-27-67(103)55(29-57)47-97-87-65-45-63-85(53-39-77(113-15)93(121-23)78(40-53)114-16)83(51-35-73(109-11)91(119-21)74(36-51)110-12)61(100-63)43-59-81(49-31-69(105-7)89(117-19)70(32-49)106-8)82(50-33-71(107-9)90(118-20)72(34-50)108-10)60(99-59)44-62-84(52-37-75(111-13)92(120-22)76(38-52)112-14)86(54-41-79(115-17)94(122-24)80(42-54)116-18)64(101-62)46-66(102-65)88(87)98-48-56-30-58(96(4,5)6)26-28-68(56)104/h25-48,100-101,103-104H,1-24H3. The molecule has 0 saturated carbocycles. The molecule has 4 N–H and O–H groups in total. The molecule has 0 fully saturated rings. The van der Waals surface area contributed by atoms with E-state index in [2.05, 4.69) is 51.5 Å². The largest absolute Gasteiger partial charge is 0.507 e. The van der Waals surface area contributed by atoms with E-state index < -0.39 is 0 Å². The maximum Gasteiger partial charge on any atom is 0.203 e. The summed E-state index contributed by atoms with van der Waals surface area (Å²) in [5.74, 6) is 5.54. The van der Waals surface area contributed by atoms with Crippen LogP contribution >= 0.6 is 0 Å². The van der Waals surface area contributed by atoms with Crippen molar-refractivity contribution in [3.63, 3.8) is 0 Å². The lowest BCUT2D eigenvalue weighted by atomic mass is 9.86. The Labute approximate surface area is 708 Å². The van der Waals surface area contributed by atoms with Gasteiger partial charge in [0.2, 0.25) is 34.5 Å². The summed E-state index contributed by atoms with van der Waals surface area (Å²) in [5.41, 5.74) is 11.5. The van der Waals surface area contributed by atoms with Crippen molar-refractivity contribution < 1.29 is 95.5 Å². The number of benzene rings is 8. The molecule has 3 aromatic heterocycles. The summed E-state index contributed by atoms with van der Waals surface area (Å²) in [6.07, 6.45) is 3.19. The number of fused-ring (bicyclic) bond motifs is 8. The van der Waals surface area contributed by atoms with Gasteiger partial charge < -0.3 is 105 Å². The number of aliphatic imine (C=N–C) groups is 2. The van der Waals surface area contributed by atoms with E-state index in [1.54, 1.807) is 110 Å². The van der Waals surface area contributed by atoms with Crippen molar-refractivity contribution in [2.75, 3.05) is 128 Å². The summed E-state index contributed by atoms with van der Waals surface area (Å²) in [7, 11) is 27.8. The summed E-state index contributed by atoms with van der Waals surface area (Å²) in [6.45, 7) is 12.5. The molecule has 2 aliphatic rings. The fourth-order valence-electron chi connectivity index (χ4n) is 15.4. The van der Waals surface area contributed by atoms with Gasteiger partial charge in [-0.1, -0.05) is 53.7 Å². The minimum Gasteiger partial charge on any atom is -0.507 e. The number of nitrogens with zero attached hydrogens (tertiary/aromatic N) is 4. The van der Waals surface area contributed by atoms with E-state index in [4.69, 9.17) is 105 Å². The first kappa shape index (κ1) is 85.6. The molecule has 8 bridgehead atoms. The second-order valence-electron chi connectivity index (χ2n) is 30.2. The molecule has 0 atom stereocenters. The zero-order valence-corrected chi connectivity index (χ0v) is 72.9. The molecule has 26 heteroatoms. The molecule has 0 aliphatic carbocycles. The molecule has 8 aromatic carbocycles. The second-order valence-corrected chi connectivity index (χ2v) is 30.2. The average molecular weight is 1660 g/mol. The third-order valence-electron chi connectivity index (χ3n) is 21.4. The highest BCUT2D eigenvalue weighted by molar-refractivity contribution is 6.12. The maximum atomic E-state index is 12.0. The van der Waals surface area contributed by atoms with E-state index in [0.717, 1.165) is 11.1 Å². The molecule has 0 amide bonds. The van der Waals surface area contributed by atoms with Crippen LogP contribution in [0.3, 0.4) is 0 Å². The molecule has 122 heavy (non-hydrogen) atoms. The van der Waals surface area contributed by atoms with Crippen molar-refractivity contribution in [1.29, 1.82) is 0 Å². The van der Waals surface area contributed by atoms with Crippen LogP contribution in [0.15, 0.2) is 143 Å². The minimum absolute atomic E-state index is 0.0461. The van der Waals surface area contributed by atoms with Gasteiger partial charge in [-0.2, -0.15) is 0 Å². The second kappa shape index (κ2) is 35.3. The van der Waals surface area contributed by atoms with Gasteiger partial charge in [0.15, 0.2) is 69.0 Å². The number of phenolic OH excluding ortho intramolecular Hbond substituents is 2. The number of aromatic nitrogens is 4. The molecule has 2 aliphatic heterocycles. The number of aromatic hydroxyl groups is 2. The van der Waals surface area contributed by atoms with Crippen LogP contribution in [0.5, 0.6) is 115 Å². The highest BCUT2D eigenvalue weighted by atomic mass is 16.6. The first-order valence-corrected chi connectivity index (χ1v) is 38.6. The normalized spacial score (nSPS) is 12.2. The van der Waals surface area contributed by atoms with Crippen molar-refractivity contribution in [3.05, 3.63) is 190 Å². The van der Waals surface area contributed by atoms with Crippen LogP contribution in [-0.2, 0) is 10.8 Å². The van der Waals surface area contributed by atoms with E-state index in [-0.39, 0.29) is 45.1 Å². The molecule has 5 heterocycles. The van der Waals surface area contributed by atoms with E-state index in [9.17, 15) is 10.2 Å². The van der Waals surface area contributed by atoms with Crippen molar-refractivity contribution >= 4 is 57.0 Å². The minimum atomic E-state index is -0.364. The molecule has 11 aromatic rings. The maximum absolute atomic E-state index is 12.0. The van der Waals surface area contributed by atoms with E-state index in [1.807, 2.05) is 121 Å². The van der Waals surface area contributed by atoms with Crippen LogP contribution < -0.4 is 85.3 Å². The quantitative estimate of drug-likeness (QED) is 0.0331. The lowest BCUT2D eigenvalue weighted by Gasteiger charge is -2.19. The number of hydrogen-bond donors (Lipinski definition) is 4. The van der Waals surface area contributed by atoms with Crippen LogP contribution in [0, 0.1) is 0 Å². The summed E-state index contributed by atoms with van der Waals surface area (Å²) in [4.78, 5) is 30.6. The zero-order chi connectivity index (χ0) is 87.5. The van der Waals surface area contributed by atoms with Gasteiger partial charge in [-0.05, 0) is 177 Å². The van der Waals surface area contributed by atoms with Gasteiger partial charge in [0, 0.05) is 79.0 Å². The molecular weight excluding hydrogens is 1560 g/mol. The van der Waals surface area contributed by atoms with Gasteiger partial charge in [-0.3, -0.25) is 9.98 Å². The number of methoxy groups -OCH3 is 18. The van der Waals surface area contributed by atoms with E-state index >= 15 is 0 Å². The molecule has 0 unspecified atom stereocenters. The predicted molar refractivity (Wildman–Crippen MR) is 474 cm³/mol. The molecule has 634 valence electrons. The highest BCUT2D eigenvalue weighted by Crippen LogP contribution is 2.56. The number of nitrogens with one attached hydrogen (secondary N) is 2.